The lowest BCUT2D eigenvalue weighted by atomic mass is 10.1. The van der Waals surface area contributed by atoms with Crippen LogP contribution in [0.5, 0.6) is 0 Å². The summed E-state index contributed by atoms with van der Waals surface area (Å²) in [5.74, 6) is 0.864. The van der Waals surface area contributed by atoms with E-state index >= 15 is 0 Å². The van der Waals surface area contributed by atoms with Gasteiger partial charge < -0.3 is 15.4 Å². The number of nitrogens with one attached hydrogen (secondary N) is 2. The molecule has 3 rings (SSSR count). The largest absolute Gasteiger partial charge is 0.376 e. The zero-order valence-corrected chi connectivity index (χ0v) is 19.5. The third-order valence-electron chi connectivity index (χ3n) is 5.43. The van der Waals surface area contributed by atoms with Gasteiger partial charge in [0, 0.05) is 45.0 Å². The molecule has 2 N–H and O–H groups in total. The number of benzene rings is 1. The predicted molar refractivity (Wildman–Crippen MR) is 126 cm³/mol. The van der Waals surface area contributed by atoms with E-state index in [-0.39, 0.29) is 0 Å². The van der Waals surface area contributed by atoms with Gasteiger partial charge in [-0.1, -0.05) is 24.3 Å². The first-order valence-corrected chi connectivity index (χ1v) is 11.5. The average molecular weight is 427 g/mol. The first kappa shape index (κ1) is 23.3. The van der Waals surface area contributed by atoms with E-state index in [9.17, 15) is 0 Å². The zero-order valence-electron chi connectivity index (χ0n) is 19.5. The molecule has 1 aromatic carbocycles. The maximum atomic E-state index is 5.65. The lowest BCUT2D eigenvalue weighted by molar-refractivity contribution is -0.0212. The Bertz CT molecular complexity index is 846. The fourth-order valence-electron chi connectivity index (χ4n) is 3.97. The molecule has 31 heavy (non-hydrogen) atoms. The van der Waals surface area contributed by atoms with Crippen molar-refractivity contribution in [2.45, 2.75) is 59.9 Å². The van der Waals surface area contributed by atoms with E-state index in [2.05, 4.69) is 76.4 Å². The number of nitrogens with zero attached hydrogens (tertiary/aromatic N) is 4. The summed E-state index contributed by atoms with van der Waals surface area (Å²) in [7, 11) is 0. The number of aliphatic imine (C=N–C) groups is 1. The highest BCUT2D eigenvalue weighted by molar-refractivity contribution is 5.79. The van der Waals surface area contributed by atoms with E-state index in [0.717, 1.165) is 63.9 Å². The van der Waals surface area contributed by atoms with Crippen molar-refractivity contribution in [1.82, 2.24) is 25.3 Å². The topological polar surface area (TPSA) is 66.7 Å². The van der Waals surface area contributed by atoms with Gasteiger partial charge >= 0.3 is 0 Å². The van der Waals surface area contributed by atoms with Crippen molar-refractivity contribution in [3.05, 3.63) is 52.8 Å². The summed E-state index contributed by atoms with van der Waals surface area (Å²) in [5.41, 5.74) is 4.86. The summed E-state index contributed by atoms with van der Waals surface area (Å²) in [4.78, 5) is 7.25. The lowest BCUT2D eigenvalue weighted by Gasteiger charge is -2.31. The smallest absolute Gasteiger partial charge is 0.191 e. The van der Waals surface area contributed by atoms with E-state index in [1.165, 1.54) is 16.8 Å². The van der Waals surface area contributed by atoms with Gasteiger partial charge in [-0.15, -0.1) is 0 Å². The van der Waals surface area contributed by atoms with Crippen LogP contribution in [0.1, 0.15) is 42.8 Å². The molecule has 1 aliphatic rings. The first-order chi connectivity index (χ1) is 15.0. The Morgan fingerprint density at radius 3 is 2.81 bits per heavy atom. The summed E-state index contributed by atoms with van der Waals surface area (Å²) >= 11 is 0. The van der Waals surface area contributed by atoms with Crippen molar-refractivity contribution in [2.75, 3.05) is 32.8 Å². The van der Waals surface area contributed by atoms with E-state index in [1.54, 1.807) is 0 Å². The number of ether oxygens (including phenoxy) is 1. The van der Waals surface area contributed by atoms with E-state index < -0.39 is 0 Å². The molecule has 1 aromatic heterocycles. The van der Waals surface area contributed by atoms with Crippen LogP contribution in [0.15, 0.2) is 35.3 Å². The quantitative estimate of drug-likeness (QED) is 0.367. The highest BCUT2D eigenvalue weighted by Gasteiger charge is 2.16. The molecule has 2 heterocycles. The standard InChI is InChI=1S/C24H38N6O/c1-5-25-24(26-10-7-11-30-20(3)14-19(2)28-30)27-16-22-8-6-9-23(15-22)18-29-12-13-31-21(4)17-29/h6,8-9,14-15,21H,5,7,10-13,16-18H2,1-4H3,(H2,25,26,27). The summed E-state index contributed by atoms with van der Waals surface area (Å²) < 4.78 is 7.72. The molecule has 1 atom stereocenters. The molecule has 1 aliphatic heterocycles. The van der Waals surface area contributed by atoms with Crippen molar-refractivity contribution in [3.8, 4) is 0 Å². The molecule has 0 aliphatic carbocycles. The lowest BCUT2D eigenvalue weighted by Crippen LogP contribution is -2.40. The Morgan fingerprint density at radius 2 is 2.06 bits per heavy atom. The van der Waals surface area contributed by atoms with Crippen LogP contribution in [0, 0.1) is 13.8 Å². The van der Waals surface area contributed by atoms with Gasteiger partial charge in [0.1, 0.15) is 0 Å². The fourth-order valence-corrected chi connectivity index (χ4v) is 3.97. The molecule has 1 saturated heterocycles. The molecular weight excluding hydrogens is 388 g/mol. The van der Waals surface area contributed by atoms with Gasteiger partial charge in [0.15, 0.2) is 5.96 Å². The van der Waals surface area contributed by atoms with Gasteiger partial charge in [-0.2, -0.15) is 5.10 Å². The summed E-state index contributed by atoms with van der Waals surface area (Å²) in [6.45, 7) is 15.4. The second-order valence-electron chi connectivity index (χ2n) is 8.36. The van der Waals surface area contributed by atoms with Crippen LogP contribution in [-0.4, -0.2) is 59.5 Å². The molecule has 0 bridgehead atoms. The molecular formula is C24H38N6O. The van der Waals surface area contributed by atoms with Crippen LogP contribution >= 0.6 is 0 Å². The predicted octanol–water partition coefficient (Wildman–Crippen LogP) is 2.87. The molecule has 0 amide bonds. The number of aryl methyl sites for hydroxylation is 3. The molecule has 7 heteroatoms. The molecule has 170 valence electrons. The molecule has 0 saturated carbocycles. The second-order valence-corrected chi connectivity index (χ2v) is 8.36. The normalized spacial score (nSPS) is 17.7. The third kappa shape index (κ3) is 7.67. The van der Waals surface area contributed by atoms with Crippen molar-refractivity contribution < 1.29 is 4.74 Å². The number of morpholine rings is 1. The van der Waals surface area contributed by atoms with Gasteiger partial charge in [0.25, 0.3) is 0 Å². The van der Waals surface area contributed by atoms with Crippen LogP contribution in [0.3, 0.4) is 0 Å². The Kier molecular flexibility index (Phi) is 8.91. The third-order valence-corrected chi connectivity index (χ3v) is 5.43. The Labute approximate surface area is 186 Å². The maximum Gasteiger partial charge on any atom is 0.191 e. The molecule has 0 radical (unpaired) electrons. The number of aromatic nitrogens is 2. The van der Waals surface area contributed by atoms with Crippen LogP contribution in [-0.2, 0) is 24.4 Å². The van der Waals surface area contributed by atoms with Crippen molar-refractivity contribution in [3.63, 3.8) is 0 Å². The van der Waals surface area contributed by atoms with Crippen molar-refractivity contribution in [2.24, 2.45) is 4.99 Å². The van der Waals surface area contributed by atoms with E-state index in [0.29, 0.717) is 12.6 Å². The first-order valence-electron chi connectivity index (χ1n) is 11.5. The van der Waals surface area contributed by atoms with Gasteiger partial charge in [-0.25, -0.2) is 4.99 Å². The molecule has 1 unspecified atom stereocenters. The molecule has 0 spiro atoms. The van der Waals surface area contributed by atoms with Crippen LogP contribution in [0.4, 0.5) is 0 Å². The highest BCUT2D eigenvalue weighted by Crippen LogP contribution is 2.12. The minimum absolute atomic E-state index is 0.316. The van der Waals surface area contributed by atoms with E-state index in [1.807, 2.05) is 6.92 Å². The van der Waals surface area contributed by atoms with Gasteiger partial charge in [0.05, 0.1) is 24.9 Å². The van der Waals surface area contributed by atoms with Gasteiger partial charge in [-0.3, -0.25) is 9.58 Å². The van der Waals surface area contributed by atoms with Crippen LogP contribution < -0.4 is 10.6 Å². The zero-order chi connectivity index (χ0) is 22.1. The monoisotopic (exact) mass is 426 g/mol. The second kappa shape index (κ2) is 11.9. The Hall–Kier alpha value is -2.38. The number of hydrogen-bond donors (Lipinski definition) is 2. The summed E-state index contributed by atoms with van der Waals surface area (Å²) in [6.07, 6.45) is 1.32. The minimum Gasteiger partial charge on any atom is -0.376 e. The number of guanidine groups is 1. The average Bonchev–Trinajstić information content (AvgIpc) is 3.06. The van der Waals surface area contributed by atoms with Crippen LogP contribution in [0.2, 0.25) is 0 Å². The molecule has 1 fully saturated rings. The molecule has 2 aromatic rings. The van der Waals surface area contributed by atoms with Gasteiger partial charge in [-0.05, 0) is 51.3 Å². The highest BCUT2D eigenvalue weighted by atomic mass is 16.5. The maximum absolute atomic E-state index is 5.65. The van der Waals surface area contributed by atoms with Crippen molar-refractivity contribution >= 4 is 5.96 Å². The van der Waals surface area contributed by atoms with Crippen LogP contribution in [0.25, 0.3) is 0 Å². The minimum atomic E-state index is 0.316. The Morgan fingerprint density at radius 1 is 1.23 bits per heavy atom. The fraction of sp³-hybridized carbons (Fsp3) is 0.583. The summed E-state index contributed by atoms with van der Waals surface area (Å²) in [6, 6.07) is 10.9. The van der Waals surface area contributed by atoms with Crippen molar-refractivity contribution in [1.29, 1.82) is 0 Å². The molecule has 7 nitrogen and oxygen atoms in total. The number of hydrogen-bond acceptors (Lipinski definition) is 4. The number of rotatable bonds is 9. The summed E-state index contributed by atoms with van der Waals surface area (Å²) in [5, 5.41) is 11.3. The van der Waals surface area contributed by atoms with Gasteiger partial charge in [0.2, 0.25) is 0 Å². The van der Waals surface area contributed by atoms with E-state index in [4.69, 9.17) is 9.73 Å². The SMILES string of the molecule is CCNC(=NCc1cccc(CN2CCOC(C)C2)c1)NCCCn1nc(C)cc1C. The Balaban J connectivity index is 1.49.